The molecule has 0 fully saturated rings. The number of aromatic nitrogens is 1. The van der Waals surface area contributed by atoms with Gasteiger partial charge >= 0.3 is 0 Å². The van der Waals surface area contributed by atoms with Crippen LogP contribution >= 0.6 is 0 Å². The number of hydrogen-bond acceptors (Lipinski definition) is 4. The van der Waals surface area contributed by atoms with Gasteiger partial charge in [0.1, 0.15) is 11.4 Å². The number of nitriles is 1. The van der Waals surface area contributed by atoms with Crippen LogP contribution in [0.5, 0.6) is 5.75 Å². The molecular weight excluding hydrogens is 264 g/mol. The minimum Gasteiger partial charge on any atom is -0.454 e. The molecule has 1 N–H and O–H groups in total. The second-order valence-corrected chi connectivity index (χ2v) is 4.96. The Kier molecular flexibility index (Phi) is 3.43. The molecule has 1 aromatic carbocycles. The van der Waals surface area contributed by atoms with Gasteiger partial charge < -0.3 is 9.84 Å². The minimum absolute atomic E-state index is 0.0435. The standard InChI is InChI=1S/C17H14N2O2/c1-11(9-18)17-16-14(3-2-6-19-16)8-13-5-4-12(10-20)7-15(13)21-17/h2-7,20H,8,10H2,1H3. The van der Waals surface area contributed by atoms with E-state index in [0.29, 0.717) is 29.2 Å². The van der Waals surface area contributed by atoms with Crippen molar-refractivity contribution in [2.24, 2.45) is 0 Å². The summed E-state index contributed by atoms with van der Waals surface area (Å²) in [4.78, 5) is 4.37. The van der Waals surface area contributed by atoms with Crippen molar-refractivity contribution in [2.75, 3.05) is 0 Å². The normalized spacial score (nSPS) is 15.1. The predicted octanol–water partition coefficient (Wildman–Crippen LogP) is 2.81. The van der Waals surface area contributed by atoms with Gasteiger partial charge in [-0.2, -0.15) is 5.26 Å². The fourth-order valence-corrected chi connectivity index (χ4v) is 2.39. The van der Waals surface area contributed by atoms with Gasteiger partial charge in [-0.05, 0) is 35.7 Å². The van der Waals surface area contributed by atoms with Crippen LogP contribution in [0.2, 0.25) is 0 Å². The van der Waals surface area contributed by atoms with Crippen LogP contribution in [0, 0.1) is 11.3 Å². The van der Waals surface area contributed by atoms with E-state index in [1.807, 2.05) is 30.3 Å². The molecule has 0 saturated carbocycles. The number of benzene rings is 1. The van der Waals surface area contributed by atoms with Crippen LogP contribution in [0.25, 0.3) is 5.76 Å². The minimum atomic E-state index is -0.0435. The van der Waals surface area contributed by atoms with Crippen molar-refractivity contribution >= 4 is 5.76 Å². The molecule has 2 heterocycles. The van der Waals surface area contributed by atoms with E-state index in [4.69, 9.17) is 4.74 Å². The molecule has 0 saturated heterocycles. The number of ether oxygens (including phenoxy) is 1. The Labute approximate surface area is 123 Å². The van der Waals surface area contributed by atoms with E-state index in [-0.39, 0.29) is 6.61 Å². The lowest BCUT2D eigenvalue weighted by molar-refractivity contribution is 0.281. The second-order valence-electron chi connectivity index (χ2n) is 4.96. The summed E-state index contributed by atoms with van der Waals surface area (Å²) in [5.41, 5.74) is 4.01. The van der Waals surface area contributed by atoms with Crippen molar-refractivity contribution in [3.8, 4) is 11.8 Å². The Hall–Kier alpha value is -2.64. The highest BCUT2D eigenvalue weighted by Gasteiger charge is 2.21. The van der Waals surface area contributed by atoms with E-state index in [2.05, 4.69) is 11.1 Å². The van der Waals surface area contributed by atoms with E-state index >= 15 is 0 Å². The van der Waals surface area contributed by atoms with Crippen LogP contribution in [0.3, 0.4) is 0 Å². The number of allylic oxidation sites excluding steroid dienone is 1. The molecule has 3 rings (SSSR count). The molecule has 1 aromatic heterocycles. The Morgan fingerprint density at radius 2 is 2.24 bits per heavy atom. The summed E-state index contributed by atoms with van der Waals surface area (Å²) in [6, 6.07) is 11.6. The molecule has 104 valence electrons. The second kappa shape index (κ2) is 5.39. The van der Waals surface area contributed by atoms with Gasteiger partial charge in [-0.15, -0.1) is 0 Å². The van der Waals surface area contributed by atoms with E-state index < -0.39 is 0 Å². The van der Waals surface area contributed by atoms with Crippen molar-refractivity contribution in [2.45, 2.75) is 20.0 Å². The maximum atomic E-state index is 9.27. The molecule has 0 bridgehead atoms. The van der Waals surface area contributed by atoms with E-state index in [9.17, 15) is 10.4 Å². The van der Waals surface area contributed by atoms with Gasteiger partial charge in [0, 0.05) is 12.6 Å². The zero-order valence-electron chi connectivity index (χ0n) is 11.6. The predicted molar refractivity (Wildman–Crippen MR) is 78.2 cm³/mol. The summed E-state index contributed by atoms with van der Waals surface area (Å²) in [5.74, 6) is 1.16. The lowest BCUT2D eigenvalue weighted by Crippen LogP contribution is -2.01. The van der Waals surface area contributed by atoms with Crippen LogP contribution in [0.1, 0.15) is 29.3 Å². The van der Waals surface area contributed by atoms with Gasteiger partial charge in [-0.25, -0.2) is 0 Å². The third-order valence-corrected chi connectivity index (χ3v) is 3.52. The molecule has 0 aliphatic carbocycles. The molecule has 4 nitrogen and oxygen atoms in total. The van der Waals surface area contributed by atoms with Crippen LogP contribution < -0.4 is 4.74 Å². The maximum absolute atomic E-state index is 9.27. The summed E-state index contributed by atoms with van der Waals surface area (Å²) in [6.45, 7) is 1.67. The van der Waals surface area contributed by atoms with E-state index in [1.54, 1.807) is 13.1 Å². The van der Waals surface area contributed by atoms with Gasteiger partial charge in [0.2, 0.25) is 0 Å². The highest BCUT2D eigenvalue weighted by molar-refractivity contribution is 5.70. The number of pyridine rings is 1. The molecule has 1 aliphatic rings. The van der Waals surface area contributed by atoms with Crippen molar-refractivity contribution in [3.05, 3.63) is 64.5 Å². The van der Waals surface area contributed by atoms with Gasteiger partial charge in [0.05, 0.1) is 18.2 Å². The molecule has 0 unspecified atom stereocenters. The zero-order chi connectivity index (χ0) is 14.8. The van der Waals surface area contributed by atoms with Crippen LogP contribution in [0.15, 0.2) is 42.1 Å². The summed E-state index contributed by atoms with van der Waals surface area (Å²) in [5, 5.41) is 18.5. The number of nitrogens with zero attached hydrogens (tertiary/aromatic N) is 2. The smallest absolute Gasteiger partial charge is 0.166 e. The summed E-state index contributed by atoms with van der Waals surface area (Å²) < 4.78 is 5.96. The SMILES string of the molecule is CC(C#N)=C1Oc2cc(CO)ccc2Cc2cccnc21. The number of rotatable bonds is 1. The fraction of sp³-hybridized carbons (Fsp3) is 0.176. The lowest BCUT2D eigenvalue weighted by Gasteiger charge is -2.11. The molecule has 0 amide bonds. The van der Waals surface area contributed by atoms with Gasteiger partial charge in [0.25, 0.3) is 0 Å². The Bertz CT molecular complexity index is 773. The monoisotopic (exact) mass is 278 g/mol. The average Bonchev–Trinajstić information content (AvgIpc) is 2.69. The first-order valence-electron chi connectivity index (χ1n) is 6.68. The first-order valence-corrected chi connectivity index (χ1v) is 6.68. The Morgan fingerprint density at radius 1 is 1.38 bits per heavy atom. The van der Waals surface area contributed by atoms with Crippen molar-refractivity contribution in [1.82, 2.24) is 4.98 Å². The Balaban J connectivity index is 2.22. The van der Waals surface area contributed by atoms with E-state index in [0.717, 1.165) is 16.7 Å². The molecule has 4 heteroatoms. The van der Waals surface area contributed by atoms with E-state index in [1.165, 1.54) is 0 Å². The topological polar surface area (TPSA) is 66.1 Å². The first kappa shape index (κ1) is 13.3. The maximum Gasteiger partial charge on any atom is 0.166 e. The molecule has 21 heavy (non-hydrogen) atoms. The third-order valence-electron chi connectivity index (χ3n) is 3.52. The van der Waals surface area contributed by atoms with Gasteiger partial charge in [-0.1, -0.05) is 18.2 Å². The molecule has 0 spiro atoms. The highest BCUT2D eigenvalue weighted by Crippen LogP contribution is 2.34. The zero-order valence-corrected chi connectivity index (χ0v) is 11.6. The quantitative estimate of drug-likeness (QED) is 0.815. The van der Waals surface area contributed by atoms with Crippen LogP contribution in [-0.4, -0.2) is 10.1 Å². The summed E-state index contributed by atoms with van der Waals surface area (Å²) >= 11 is 0. The Morgan fingerprint density at radius 3 is 3.00 bits per heavy atom. The fourth-order valence-electron chi connectivity index (χ4n) is 2.39. The average molecular weight is 278 g/mol. The number of aliphatic hydroxyl groups is 1. The highest BCUT2D eigenvalue weighted by atomic mass is 16.5. The molecule has 0 atom stereocenters. The lowest BCUT2D eigenvalue weighted by atomic mass is 10.0. The van der Waals surface area contributed by atoms with Gasteiger partial charge in [-0.3, -0.25) is 4.98 Å². The molecule has 1 aliphatic heterocycles. The number of aliphatic hydroxyl groups excluding tert-OH is 1. The largest absolute Gasteiger partial charge is 0.454 e. The summed E-state index contributed by atoms with van der Waals surface area (Å²) in [6.07, 6.45) is 2.38. The molecular formula is C17H14N2O2. The van der Waals surface area contributed by atoms with Gasteiger partial charge in [0.15, 0.2) is 5.76 Å². The van der Waals surface area contributed by atoms with Crippen molar-refractivity contribution in [1.29, 1.82) is 5.26 Å². The first-order chi connectivity index (χ1) is 10.2. The number of hydrogen-bond donors (Lipinski definition) is 1. The molecule has 2 aromatic rings. The number of fused-ring (bicyclic) bond motifs is 2. The summed E-state index contributed by atoms with van der Waals surface area (Å²) in [7, 11) is 0. The van der Waals surface area contributed by atoms with Crippen molar-refractivity contribution in [3.63, 3.8) is 0 Å². The van der Waals surface area contributed by atoms with Crippen LogP contribution in [-0.2, 0) is 13.0 Å². The van der Waals surface area contributed by atoms with Crippen LogP contribution in [0.4, 0.5) is 0 Å². The van der Waals surface area contributed by atoms with Crippen molar-refractivity contribution < 1.29 is 9.84 Å². The molecule has 0 radical (unpaired) electrons. The third kappa shape index (κ3) is 2.39.